The molecule has 0 spiro atoms. The van der Waals surface area contributed by atoms with Crippen molar-refractivity contribution in [1.82, 2.24) is 20.9 Å². The largest absolute Gasteiger partial charge is 0.497 e. The van der Waals surface area contributed by atoms with Gasteiger partial charge in [-0.2, -0.15) is 0 Å². The molecule has 3 amide bonds. The highest BCUT2D eigenvalue weighted by atomic mass is 16.5. The molecule has 4 rings (SSSR count). The number of aryl methyl sites for hydroxylation is 1. The molecular formula is C40H54N4O6. The van der Waals surface area contributed by atoms with Crippen molar-refractivity contribution >= 4 is 17.7 Å². The van der Waals surface area contributed by atoms with Crippen molar-refractivity contribution in [2.45, 2.75) is 89.1 Å². The van der Waals surface area contributed by atoms with E-state index in [0.29, 0.717) is 51.6 Å². The molecule has 1 heterocycles. The third-order valence-corrected chi connectivity index (χ3v) is 9.90. The molecule has 5 atom stereocenters. The summed E-state index contributed by atoms with van der Waals surface area (Å²) in [6.45, 7) is 4.87. The summed E-state index contributed by atoms with van der Waals surface area (Å²) in [5.41, 5.74) is 1.87. The average molecular weight is 687 g/mol. The van der Waals surface area contributed by atoms with E-state index in [1.165, 1.54) is 0 Å². The normalized spacial score (nSPS) is 18.3. The molecule has 50 heavy (non-hydrogen) atoms. The molecule has 270 valence electrons. The zero-order valence-corrected chi connectivity index (χ0v) is 29.6. The first-order valence-corrected chi connectivity index (χ1v) is 17.8. The summed E-state index contributed by atoms with van der Waals surface area (Å²) in [4.78, 5) is 43.4. The van der Waals surface area contributed by atoms with Crippen LogP contribution in [0.3, 0.4) is 0 Å². The number of aliphatic hydroxyl groups is 2. The van der Waals surface area contributed by atoms with Crippen LogP contribution in [0.2, 0.25) is 0 Å². The number of hydrogen-bond acceptors (Lipinski definition) is 7. The Kier molecular flexibility index (Phi) is 14.8. The molecular weight excluding hydrogens is 632 g/mol. The summed E-state index contributed by atoms with van der Waals surface area (Å²) < 4.78 is 5.33. The highest BCUT2D eigenvalue weighted by Crippen LogP contribution is 2.35. The van der Waals surface area contributed by atoms with E-state index in [9.17, 15) is 24.6 Å². The summed E-state index contributed by atoms with van der Waals surface area (Å²) in [5.74, 6) is -0.308. The lowest BCUT2D eigenvalue weighted by Gasteiger charge is -2.36. The highest BCUT2D eigenvalue weighted by molar-refractivity contribution is 5.97. The Labute approximate surface area is 296 Å². The number of methoxy groups -OCH3 is 1. The predicted octanol–water partition coefficient (Wildman–Crippen LogP) is 3.78. The van der Waals surface area contributed by atoms with Crippen molar-refractivity contribution in [3.63, 3.8) is 0 Å². The Hall–Kier alpha value is -4.25. The quantitative estimate of drug-likeness (QED) is 0.122. The van der Waals surface area contributed by atoms with E-state index in [-0.39, 0.29) is 43.2 Å². The standard InChI is InChI=1S/C40H54N4O6/c1-4-29(2)40(43-37(47)19-12-24-45)22-23-44(39(40)49)35(21-20-30-13-7-5-8-14-30)38(48)42-34(26-31-15-9-6-10-16-31)36(46)28-41-27-32-17-11-18-33(25-32)50-3/h5-11,13-18,25,29,34-36,41,45-46H,4,12,19-24,26-28H2,1-3H3,(H,42,48)(H,43,47)/t29-,34-,35-,36+,40?/m0/s1. The fourth-order valence-electron chi connectivity index (χ4n) is 6.75. The van der Waals surface area contributed by atoms with Crippen LogP contribution < -0.4 is 20.7 Å². The Balaban J connectivity index is 1.57. The number of nitrogens with one attached hydrogen (secondary N) is 3. The van der Waals surface area contributed by atoms with Gasteiger partial charge in [0, 0.05) is 32.7 Å². The molecule has 0 bridgehead atoms. The van der Waals surface area contributed by atoms with Gasteiger partial charge in [-0.15, -0.1) is 0 Å². The van der Waals surface area contributed by atoms with Crippen molar-refractivity contribution in [2.75, 3.05) is 26.8 Å². The Morgan fingerprint density at radius 1 is 0.980 bits per heavy atom. The zero-order chi connectivity index (χ0) is 35.9. The zero-order valence-electron chi connectivity index (χ0n) is 29.6. The molecule has 0 saturated carbocycles. The van der Waals surface area contributed by atoms with E-state index in [1.807, 2.05) is 98.8 Å². The average Bonchev–Trinajstić information content (AvgIpc) is 3.46. The lowest BCUT2D eigenvalue weighted by atomic mass is 9.81. The first-order valence-electron chi connectivity index (χ1n) is 17.8. The third kappa shape index (κ3) is 10.4. The molecule has 0 aromatic heterocycles. The van der Waals surface area contributed by atoms with Crippen LogP contribution in [0.25, 0.3) is 0 Å². The van der Waals surface area contributed by atoms with Crippen LogP contribution in [0, 0.1) is 5.92 Å². The second kappa shape index (κ2) is 19.2. The van der Waals surface area contributed by atoms with Crippen molar-refractivity contribution in [2.24, 2.45) is 5.92 Å². The number of amides is 3. The summed E-state index contributed by atoms with van der Waals surface area (Å²) in [6.07, 6.45) is 1.87. The number of aliphatic hydroxyl groups excluding tert-OH is 2. The van der Waals surface area contributed by atoms with Gasteiger partial charge in [-0.25, -0.2) is 0 Å². The lowest BCUT2D eigenvalue weighted by Crippen LogP contribution is -2.61. The van der Waals surface area contributed by atoms with Gasteiger partial charge in [0.25, 0.3) is 0 Å². The van der Waals surface area contributed by atoms with Gasteiger partial charge < -0.3 is 35.8 Å². The second-order valence-electron chi connectivity index (χ2n) is 13.3. The highest BCUT2D eigenvalue weighted by Gasteiger charge is 2.53. The Morgan fingerprint density at radius 2 is 1.66 bits per heavy atom. The molecule has 1 unspecified atom stereocenters. The number of rotatable bonds is 20. The minimum Gasteiger partial charge on any atom is -0.497 e. The topological polar surface area (TPSA) is 140 Å². The van der Waals surface area contributed by atoms with Crippen LogP contribution >= 0.6 is 0 Å². The van der Waals surface area contributed by atoms with Gasteiger partial charge in [0.15, 0.2) is 0 Å². The Bertz CT molecular complexity index is 1510. The molecule has 3 aromatic rings. The minimum absolute atomic E-state index is 0.113. The van der Waals surface area contributed by atoms with E-state index < -0.39 is 23.7 Å². The molecule has 1 saturated heterocycles. The van der Waals surface area contributed by atoms with Crippen molar-refractivity contribution in [1.29, 1.82) is 0 Å². The van der Waals surface area contributed by atoms with Crippen molar-refractivity contribution in [3.8, 4) is 5.75 Å². The van der Waals surface area contributed by atoms with Gasteiger partial charge in [0.1, 0.15) is 17.3 Å². The first-order chi connectivity index (χ1) is 24.2. The molecule has 3 aromatic carbocycles. The van der Waals surface area contributed by atoms with Crippen LogP contribution in [0.1, 0.15) is 62.6 Å². The van der Waals surface area contributed by atoms with E-state index in [2.05, 4.69) is 16.0 Å². The van der Waals surface area contributed by atoms with Crippen LogP contribution in [-0.2, 0) is 33.8 Å². The number of carbonyl (C=O) groups excluding carboxylic acids is 3. The molecule has 0 aliphatic carbocycles. The molecule has 10 nitrogen and oxygen atoms in total. The number of nitrogens with zero attached hydrogens (tertiary/aromatic N) is 1. The molecule has 5 N–H and O–H groups in total. The van der Waals surface area contributed by atoms with Crippen molar-refractivity contribution in [3.05, 3.63) is 102 Å². The summed E-state index contributed by atoms with van der Waals surface area (Å²) in [7, 11) is 1.62. The fraction of sp³-hybridized carbons (Fsp3) is 0.475. The number of likely N-dealkylation sites (tertiary alicyclic amines) is 1. The summed E-state index contributed by atoms with van der Waals surface area (Å²) in [5, 5.41) is 30.3. The van der Waals surface area contributed by atoms with E-state index in [4.69, 9.17) is 4.74 Å². The number of ether oxygens (including phenoxy) is 1. The maximum absolute atomic E-state index is 14.4. The predicted molar refractivity (Wildman–Crippen MR) is 194 cm³/mol. The van der Waals surface area contributed by atoms with Crippen LogP contribution in [0.4, 0.5) is 0 Å². The molecule has 1 fully saturated rings. The SMILES string of the molecule is CC[C@H](C)C1(NC(=O)CCCO)CCN([C@@H](CCc2ccccc2)C(=O)N[C@@H](Cc2ccccc2)[C@H](O)CNCc2cccc(OC)c2)C1=O. The van der Waals surface area contributed by atoms with Crippen LogP contribution in [-0.4, -0.2) is 83.4 Å². The first kappa shape index (κ1) is 38.6. The summed E-state index contributed by atoms with van der Waals surface area (Å²) >= 11 is 0. The maximum Gasteiger partial charge on any atom is 0.249 e. The van der Waals surface area contributed by atoms with E-state index in [1.54, 1.807) is 12.0 Å². The van der Waals surface area contributed by atoms with Gasteiger partial charge in [0.05, 0.1) is 19.3 Å². The monoisotopic (exact) mass is 686 g/mol. The summed E-state index contributed by atoms with van der Waals surface area (Å²) in [6, 6.07) is 25.8. The molecule has 10 heteroatoms. The maximum atomic E-state index is 14.4. The van der Waals surface area contributed by atoms with Gasteiger partial charge in [-0.1, -0.05) is 93.1 Å². The number of hydrogen-bond donors (Lipinski definition) is 5. The third-order valence-electron chi connectivity index (χ3n) is 9.90. The van der Waals surface area contributed by atoms with Crippen LogP contribution in [0.5, 0.6) is 5.75 Å². The van der Waals surface area contributed by atoms with Crippen LogP contribution in [0.15, 0.2) is 84.9 Å². The smallest absolute Gasteiger partial charge is 0.249 e. The molecule has 1 aliphatic heterocycles. The Morgan fingerprint density at radius 3 is 2.32 bits per heavy atom. The number of benzene rings is 3. The molecule has 1 aliphatic rings. The van der Waals surface area contributed by atoms with Gasteiger partial charge >= 0.3 is 0 Å². The van der Waals surface area contributed by atoms with Gasteiger partial charge in [-0.05, 0) is 66.8 Å². The second-order valence-corrected chi connectivity index (χ2v) is 13.3. The van der Waals surface area contributed by atoms with Gasteiger partial charge in [0.2, 0.25) is 17.7 Å². The number of carbonyl (C=O) groups is 3. The van der Waals surface area contributed by atoms with E-state index in [0.717, 1.165) is 22.4 Å². The lowest BCUT2D eigenvalue weighted by molar-refractivity contribution is -0.144. The van der Waals surface area contributed by atoms with E-state index >= 15 is 0 Å². The van der Waals surface area contributed by atoms with Gasteiger partial charge in [-0.3, -0.25) is 14.4 Å². The fourth-order valence-corrected chi connectivity index (χ4v) is 6.75. The molecule has 0 radical (unpaired) electrons. The van der Waals surface area contributed by atoms with Crippen molar-refractivity contribution < 1.29 is 29.3 Å². The minimum atomic E-state index is -1.14.